The van der Waals surface area contributed by atoms with E-state index in [0.29, 0.717) is 0 Å². The van der Waals surface area contributed by atoms with Crippen LogP contribution in [0.2, 0.25) is 0 Å². The molecule has 0 amide bonds. The van der Waals surface area contributed by atoms with Crippen LogP contribution in [-0.4, -0.2) is 13.7 Å². The second kappa shape index (κ2) is 7.95. The van der Waals surface area contributed by atoms with Crippen molar-refractivity contribution in [3.63, 3.8) is 0 Å². The van der Waals surface area contributed by atoms with E-state index < -0.39 is 0 Å². The molecule has 0 fully saturated rings. The number of nitrogens with zero attached hydrogens (tertiary/aromatic N) is 3. The summed E-state index contributed by atoms with van der Waals surface area (Å²) in [5.74, 6) is 0. The van der Waals surface area contributed by atoms with E-state index in [-0.39, 0.29) is 5.43 Å². The number of aryl methyl sites for hydroxylation is 2. The number of aromatic nitrogens is 3. The van der Waals surface area contributed by atoms with Crippen molar-refractivity contribution < 1.29 is 0 Å². The van der Waals surface area contributed by atoms with Crippen molar-refractivity contribution in [2.75, 3.05) is 0 Å². The molecule has 3 aromatic heterocycles. The fourth-order valence-corrected chi connectivity index (χ4v) is 6.36. The third kappa shape index (κ3) is 3.03. The van der Waals surface area contributed by atoms with E-state index in [1.54, 1.807) is 0 Å². The van der Waals surface area contributed by atoms with Crippen molar-refractivity contribution in [2.24, 2.45) is 7.05 Å². The molecule has 39 heavy (non-hydrogen) atoms. The summed E-state index contributed by atoms with van der Waals surface area (Å²) in [6.45, 7) is 1.88. The lowest BCUT2D eigenvalue weighted by molar-refractivity contribution is 0.938. The molecule has 0 saturated heterocycles. The highest BCUT2D eigenvalue weighted by atomic mass is 16.1. The van der Waals surface area contributed by atoms with Crippen molar-refractivity contribution in [2.45, 2.75) is 6.92 Å². The van der Waals surface area contributed by atoms with Crippen LogP contribution in [0, 0.1) is 6.92 Å². The maximum absolute atomic E-state index is 13.1. The first-order valence-electron chi connectivity index (χ1n) is 13.2. The van der Waals surface area contributed by atoms with Crippen molar-refractivity contribution in [1.29, 1.82) is 0 Å². The van der Waals surface area contributed by atoms with Crippen LogP contribution in [-0.2, 0) is 7.05 Å². The van der Waals surface area contributed by atoms with Crippen LogP contribution in [0.3, 0.4) is 0 Å². The van der Waals surface area contributed by atoms with Crippen LogP contribution in [0.1, 0.15) is 5.56 Å². The molecule has 3 heterocycles. The van der Waals surface area contributed by atoms with Gasteiger partial charge in [-0.05, 0) is 61.5 Å². The topological polar surface area (TPSA) is 31.9 Å². The van der Waals surface area contributed by atoms with Crippen molar-refractivity contribution in [3.8, 4) is 11.4 Å². The molecule has 186 valence electrons. The summed E-state index contributed by atoms with van der Waals surface area (Å²) in [5, 5.41) is 5.62. The number of para-hydroxylation sites is 3. The summed E-state index contributed by atoms with van der Waals surface area (Å²) in [6, 6.07) is 38.7. The first-order chi connectivity index (χ1) is 19.1. The fraction of sp³-hybridized carbons (Fsp3) is 0.0571. The Morgan fingerprint density at radius 1 is 0.487 bits per heavy atom. The Balaban J connectivity index is 1.44. The molecule has 8 rings (SSSR count). The predicted molar refractivity (Wildman–Crippen MR) is 163 cm³/mol. The average molecular weight is 504 g/mol. The molecule has 0 unspecified atom stereocenters. The lowest BCUT2D eigenvalue weighted by Gasteiger charge is -2.12. The van der Waals surface area contributed by atoms with Gasteiger partial charge < -0.3 is 13.7 Å². The van der Waals surface area contributed by atoms with Crippen molar-refractivity contribution in [3.05, 3.63) is 131 Å². The van der Waals surface area contributed by atoms with E-state index in [4.69, 9.17) is 0 Å². The molecule has 0 atom stereocenters. The minimum Gasteiger partial charge on any atom is -0.350 e. The summed E-state index contributed by atoms with van der Waals surface area (Å²) in [7, 11) is 1.99. The van der Waals surface area contributed by atoms with Crippen LogP contribution in [0.5, 0.6) is 0 Å². The lowest BCUT2D eigenvalue weighted by atomic mass is 10.1. The average Bonchev–Trinajstić information content (AvgIpc) is 3.48. The highest BCUT2D eigenvalue weighted by Gasteiger charge is 2.17. The van der Waals surface area contributed by atoms with Gasteiger partial charge in [-0.3, -0.25) is 4.79 Å². The Morgan fingerprint density at radius 3 is 1.49 bits per heavy atom. The minimum absolute atomic E-state index is 0.0827. The van der Waals surface area contributed by atoms with Gasteiger partial charge in [0.05, 0.1) is 27.6 Å². The van der Waals surface area contributed by atoms with E-state index in [0.717, 1.165) is 38.9 Å². The van der Waals surface area contributed by atoms with E-state index in [1.165, 1.54) is 32.6 Å². The molecular formula is C35H25N3O. The van der Waals surface area contributed by atoms with Gasteiger partial charge in [0.15, 0.2) is 5.43 Å². The smallest absolute Gasteiger partial charge is 0.192 e. The zero-order chi connectivity index (χ0) is 26.2. The van der Waals surface area contributed by atoms with Gasteiger partial charge in [-0.1, -0.05) is 54.6 Å². The van der Waals surface area contributed by atoms with Crippen LogP contribution in [0.4, 0.5) is 0 Å². The molecular weight excluding hydrogens is 478 g/mol. The van der Waals surface area contributed by atoms with Crippen molar-refractivity contribution in [1.82, 2.24) is 13.7 Å². The fourth-order valence-electron chi connectivity index (χ4n) is 6.36. The molecule has 4 nitrogen and oxygen atoms in total. The SMILES string of the molecule is Cc1cn(C)c2ccc(-n3c4ccccc4c4cc(-n5c6ccccc6c6ccccc65)ccc43)cc2c1=O. The standard InChI is InChI=1S/C35H25N3O/c1-22-21-36(2)30-17-15-24(20-29(30)35(22)39)38-33-14-8-5-11-27(33)28-19-23(16-18-34(28)38)37-31-12-6-3-9-25(31)26-10-4-7-13-32(26)37/h3-21H,1-2H3. The Labute approximate surface area is 224 Å². The van der Waals surface area contributed by atoms with E-state index in [9.17, 15) is 4.79 Å². The molecule has 0 N–H and O–H groups in total. The van der Waals surface area contributed by atoms with Gasteiger partial charge in [0.1, 0.15) is 0 Å². The zero-order valence-electron chi connectivity index (χ0n) is 21.7. The summed E-state index contributed by atoms with van der Waals surface area (Å²) in [5.41, 5.74) is 8.51. The van der Waals surface area contributed by atoms with E-state index in [1.807, 2.05) is 30.8 Å². The first-order valence-corrected chi connectivity index (χ1v) is 13.2. The summed E-state index contributed by atoms with van der Waals surface area (Å²) in [6.07, 6.45) is 1.90. The molecule has 0 bridgehead atoms. The van der Waals surface area contributed by atoms with Gasteiger partial charge >= 0.3 is 0 Å². The van der Waals surface area contributed by atoms with Crippen LogP contribution in [0.25, 0.3) is 65.9 Å². The Morgan fingerprint density at radius 2 is 0.923 bits per heavy atom. The van der Waals surface area contributed by atoms with Crippen LogP contribution >= 0.6 is 0 Å². The number of pyridine rings is 1. The number of rotatable bonds is 2. The highest BCUT2D eigenvalue weighted by molar-refractivity contribution is 6.12. The number of fused-ring (bicyclic) bond motifs is 7. The Hall–Kier alpha value is -5.09. The molecule has 4 heteroatoms. The summed E-state index contributed by atoms with van der Waals surface area (Å²) in [4.78, 5) is 13.1. The van der Waals surface area contributed by atoms with Crippen LogP contribution in [0.15, 0.2) is 120 Å². The van der Waals surface area contributed by atoms with Crippen molar-refractivity contribution >= 4 is 54.5 Å². The zero-order valence-corrected chi connectivity index (χ0v) is 21.7. The molecule has 5 aromatic carbocycles. The molecule has 0 spiro atoms. The Bertz CT molecular complexity index is 2280. The molecule has 0 saturated carbocycles. The van der Waals surface area contributed by atoms with Gasteiger partial charge in [-0.25, -0.2) is 0 Å². The van der Waals surface area contributed by atoms with E-state index in [2.05, 4.69) is 112 Å². The third-order valence-electron chi connectivity index (χ3n) is 8.10. The Kier molecular flexibility index (Phi) is 4.48. The van der Waals surface area contributed by atoms with Crippen LogP contribution < -0.4 is 5.43 Å². The maximum Gasteiger partial charge on any atom is 0.192 e. The highest BCUT2D eigenvalue weighted by Crippen LogP contribution is 2.37. The number of hydrogen-bond donors (Lipinski definition) is 0. The minimum atomic E-state index is 0.0827. The van der Waals surface area contributed by atoms with Gasteiger partial charge in [-0.15, -0.1) is 0 Å². The predicted octanol–water partition coefficient (Wildman–Crippen LogP) is 8.04. The second-order valence-electron chi connectivity index (χ2n) is 10.4. The summed E-state index contributed by atoms with van der Waals surface area (Å²) >= 11 is 0. The molecule has 0 radical (unpaired) electrons. The maximum atomic E-state index is 13.1. The van der Waals surface area contributed by atoms with Gasteiger partial charge in [0.25, 0.3) is 0 Å². The largest absolute Gasteiger partial charge is 0.350 e. The summed E-state index contributed by atoms with van der Waals surface area (Å²) < 4.78 is 6.67. The van der Waals surface area contributed by atoms with Gasteiger partial charge in [0, 0.05) is 57.1 Å². The third-order valence-corrected chi connectivity index (χ3v) is 8.10. The second-order valence-corrected chi connectivity index (χ2v) is 10.4. The first kappa shape index (κ1) is 21.9. The van der Waals surface area contributed by atoms with E-state index >= 15 is 0 Å². The number of benzene rings is 5. The number of hydrogen-bond acceptors (Lipinski definition) is 1. The monoisotopic (exact) mass is 503 g/mol. The molecule has 0 aliphatic heterocycles. The molecule has 0 aliphatic carbocycles. The molecule has 8 aromatic rings. The van der Waals surface area contributed by atoms with Gasteiger partial charge in [0.2, 0.25) is 0 Å². The quantitative estimate of drug-likeness (QED) is 0.235. The normalized spacial score (nSPS) is 11.9. The molecule has 0 aliphatic rings. The lowest BCUT2D eigenvalue weighted by Crippen LogP contribution is -2.10. The van der Waals surface area contributed by atoms with Gasteiger partial charge in [-0.2, -0.15) is 0 Å².